The highest BCUT2D eigenvalue weighted by molar-refractivity contribution is 5.31. The molecule has 0 aliphatic heterocycles. The highest BCUT2D eigenvalue weighted by Crippen LogP contribution is 2.44. The second-order valence-corrected chi connectivity index (χ2v) is 11.0. The first-order valence-corrected chi connectivity index (χ1v) is 14.0. The van der Waals surface area contributed by atoms with Gasteiger partial charge in [-0.3, -0.25) is 0 Å². The molecular weight excluding hydrogens is 579 g/mol. The summed E-state index contributed by atoms with van der Waals surface area (Å²) in [5.74, 6) is -5.12. The molecule has 0 unspecified atom stereocenters. The molecule has 0 spiro atoms. The van der Waals surface area contributed by atoms with Crippen molar-refractivity contribution in [2.24, 2.45) is 5.92 Å². The second kappa shape index (κ2) is 13.1. The first-order valence-electron chi connectivity index (χ1n) is 14.0. The number of rotatable bonds is 10. The fourth-order valence-corrected chi connectivity index (χ4v) is 5.74. The summed E-state index contributed by atoms with van der Waals surface area (Å²) in [6, 6.07) is 6.83. The Labute approximate surface area is 238 Å². The first kappa shape index (κ1) is 32.6. The van der Waals surface area contributed by atoms with Gasteiger partial charge in [0.2, 0.25) is 0 Å². The summed E-state index contributed by atoms with van der Waals surface area (Å²) >= 11 is 0. The van der Waals surface area contributed by atoms with Gasteiger partial charge >= 0.3 is 18.4 Å². The Kier molecular flexibility index (Phi) is 10.2. The Morgan fingerprint density at radius 2 is 1.24 bits per heavy atom. The summed E-state index contributed by atoms with van der Waals surface area (Å²) in [5, 5.41) is 0. The molecular formula is C30H33F9O3. The van der Waals surface area contributed by atoms with Gasteiger partial charge < -0.3 is 14.2 Å². The predicted octanol–water partition coefficient (Wildman–Crippen LogP) is 9.48. The maximum atomic E-state index is 15.0. The topological polar surface area (TPSA) is 27.7 Å². The average Bonchev–Trinajstić information content (AvgIpc) is 2.91. The Morgan fingerprint density at radius 3 is 1.76 bits per heavy atom. The van der Waals surface area contributed by atoms with Crippen molar-refractivity contribution in [3.05, 3.63) is 70.3 Å². The predicted molar refractivity (Wildman–Crippen MR) is 135 cm³/mol. The number of benzene rings is 2. The Balaban J connectivity index is 1.25. The Morgan fingerprint density at radius 1 is 0.714 bits per heavy atom. The standard InChI is InChI=1S/C30H33F9O3/c1-2-40-17-18-3-7-21(8-4-18)29(36,37)42-24-13-9-22(10-14-24)30(38,39)41-23-11-5-19(6-12-23)20-15-25(31)27(26(32)16-20)28(33,34)35/h3-4,7-8,15-16,19,22-24H,2,5-6,9-14,17H2,1H3. The van der Waals surface area contributed by atoms with E-state index >= 15 is 8.78 Å². The highest BCUT2D eigenvalue weighted by atomic mass is 19.4. The normalized spacial score (nSPS) is 24.1. The smallest absolute Gasteiger partial charge is 0.377 e. The van der Waals surface area contributed by atoms with E-state index in [0.717, 1.165) is 5.56 Å². The zero-order chi connectivity index (χ0) is 30.7. The molecule has 2 saturated carbocycles. The molecule has 0 bridgehead atoms. The fourth-order valence-electron chi connectivity index (χ4n) is 5.74. The molecule has 0 atom stereocenters. The molecule has 4 rings (SSSR count). The van der Waals surface area contributed by atoms with Crippen molar-refractivity contribution in [2.75, 3.05) is 6.61 Å². The summed E-state index contributed by atoms with van der Waals surface area (Å²) < 4.78 is 141. The zero-order valence-corrected chi connectivity index (χ0v) is 23.0. The number of hydrogen-bond acceptors (Lipinski definition) is 3. The lowest BCUT2D eigenvalue weighted by Gasteiger charge is -2.37. The summed E-state index contributed by atoms with van der Waals surface area (Å²) in [6.45, 7) is 2.61. The molecule has 3 nitrogen and oxygen atoms in total. The van der Waals surface area contributed by atoms with E-state index in [0.29, 0.717) is 25.3 Å². The molecule has 2 aliphatic carbocycles. The molecule has 2 aromatic rings. The van der Waals surface area contributed by atoms with Gasteiger partial charge in [-0.2, -0.15) is 30.7 Å². The van der Waals surface area contributed by atoms with Gasteiger partial charge in [0.1, 0.15) is 17.2 Å². The van der Waals surface area contributed by atoms with E-state index in [1.807, 2.05) is 6.92 Å². The minimum Gasteiger partial charge on any atom is -0.377 e. The van der Waals surface area contributed by atoms with Crippen LogP contribution in [0.4, 0.5) is 39.5 Å². The lowest BCUT2D eigenvalue weighted by Crippen LogP contribution is -2.40. The SMILES string of the molecule is CCOCc1ccc(C(F)(F)OC2CCC(C(F)(F)OC3CCC(c4cc(F)c(C(F)(F)F)c(F)c4)CC3)CC2)cc1. The zero-order valence-electron chi connectivity index (χ0n) is 23.0. The molecule has 0 radical (unpaired) electrons. The van der Waals surface area contributed by atoms with E-state index in [9.17, 15) is 30.7 Å². The number of halogens is 9. The van der Waals surface area contributed by atoms with Gasteiger partial charge in [-0.05, 0) is 99.6 Å². The monoisotopic (exact) mass is 612 g/mol. The van der Waals surface area contributed by atoms with Gasteiger partial charge in [0.05, 0.1) is 30.3 Å². The lowest BCUT2D eigenvalue weighted by molar-refractivity contribution is -0.311. The van der Waals surface area contributed by atoms with Gasteiger partial charge in [0.25, 0.3) is 0 Å². The molecule has 0 aromatic heterocycles. The molecule has 0 amide bonds. The van der Waals surface area contributed by atoms with Gasteiger partial charge in [0, 0.05) is 6.61 Å². The van der Waals surface area contributed by atoms with E-state index < -0.39 is 59.6 Å². The largest absolute Gasteiger partial charge is 0.422 e. The average molecular weight is 613 g/mol. The number of alkyl halides is 7. The Bertz CT molecular complexity index is 1140. The lowest BCUT2D eigenvalue weighted by atomic mass is 9.82. The van der Waals surface area contributed by atoms with Crippen molar-refractivity contribution >= 4 is 0 Å². The minimum atomic E-state index is -5.17. The number of hydrogen-bond donors (Lipinski definition) is 0. The van der Waals surface area contributed by atoms with Crippen LogP contribution in [0.2, 0.25) is 0 Å². The van der Waals surface area contributed by atoms with Crippen LogP contribution in [0.1, 0.15) is 86.5 Å². The molecule has 0 saturated heterocycles. The summed E-state index contributed by atoms with van der Waals surface area (Å²) in [4.78, 5) is 0. The third-order valence-corrected chi connectivity index (χ3v) is 8.04. The molecule has 0 heterocycles. The van der Waals surface area contributed by atoms with E-state index in [1.165, 1.54) is 24.3 Å². The van der Waals surface area contributed by atoms with Gasteiger partial charge in [-0.25, -0.2) is 8.78 Å². The van der Waals surface area contributed by atoms with Crippen LogP contribution < -0.4 is 0 Å². The molecule has 2 aromatic carbocycles. The van der Waals surface area contributed by atoms with Crippen molar-refractivity contribution in [3.8, 4) is 0 Å². The van der Waals surface area contributed by atoms with Crippen molar-refractivity contribution in [1.82, 2.24) is 0 Å². The van der Waals surface area contributed by atoms with Crippen LogP contribution in [0.3, 0.4) is 0 Å². The minimum absolute atomic E-state index is 0.000575. The fraction of sp³-hybridized carbons (Fsp3) is 0.600. The van der Waals surface area contributed by atoms with Crippen LogP contribution in [-0.2, 0) is 33.1 Å². The van der Waals surface area contributed by atoms with Crippen molar-refractivity contribution in [2.45, 2.75) is 101 Å². The van der Waals surface area contributed by atoms with E-state index in [4.69, 9.17) is 14.2 Å². The van der Waals surface area contributed by atoms with E-state index in [-0.39, 0.29) is 62.5 Å². The third kappa shape index (κ3) is 7.99. The molecule has 2 aliphatic rings. The van der Waals surface area contributed by atoms with Gasteiger partial charge in [0.15, 0.2) is 0 Å². The van der Waals surface area contributed by atoms with Crippen molar-refractivity contribution in [1.29, 1.82) is 0 Å². The van der Waals surface area contributed by atoms with Crippen LogP contribution in [0.15, 0.2) is 36.4 Å². The highest BCUT2D eigenvalue weighted by Gasteiger charge is 2.47. The maximum absolute atomic E-state index is 15.0. The quantitative estimate of drug-likeness (QED) is 0.250. The summed E-state index contributed by atoms with van der Waals surface area (Å²) in [5.41, 5.74) is -1.52. The summed E-state index contributed by atoms with van der Waals surface area (Å²) in [7, 11) is 0. The summed E-state index contributed by atoms with van der Waals surface area (Å²) in [6.07, 6.45) is -13.6. The van der Waals surface area contributed by atoms with E-state index in [1.54, 1.807) is 0 Å². The van der Waals surface area contributed by atoms with Crippen LogP contribution in [-0.4, -0.2) is 24.9 Å². The van der Waals surface area contributed by atoms with Crippen LogP contribution in [0.5, 0.6) is 0 Å². The van der Waals surface area contributed by atoms with Crippen LogP contribution >= 0.6 is 0 Å². The van der Waals surface area contributed by atoms with Crippen LogP contribution in [0, 0.1) is 17.6 Å². The Hall–Kier alpha value is -2.31. The number of ether oxygens (including phenoxy) is 3. The van der Waals surface area contributed by atoms with Crippen molar-refractivity contribution in [3.63, 3.8) is 0 Å². The molecule has 0 N–H and O–H groups in total. The van der Waals surface area contributed by atoms with E-state index in [2.05, 4.69) is 0 Å². The molecule has 234 valence electrons. The molecule has 12 heteroatoms. The van der Waals surface area contributed by atoms with Crippen LogP contribution in [0.25, 0.3) is 0 Å². The second-order valence-electron chi connectivity index (χ2n) is 11.0. The molecule has 42 heavy (non-hydrogen) atoms. The molecule has 2 fully saturated rings. The third-order valence-electron chi connectivity index (χ3n) is 8.04. The van der Waals surface area contributed by atoms with Gasteiger partial charge in [-0.15, -0.1) is 0 Å². The van der Waals surface area contributed by atoms with Crippen molar-refractivity contribution < 1.29 is 53.7 Å². The first-order chi connectivity index (χ1) is 19.7. The van der Waals surface area contributed by atoms with Gasteiger partial charge in [-0.1, -0.05) is 12.1 Å². The maximum Gasteiger partial charge on any atom is 0.422 e.